The summed E-state index contributed by atoms with van der Waals surface area (Å²) in [5.41, 5.74) is 0.947. The molecule has 0 aromatic heterocycles. The average molecular weight is 463 g/mol. The van der Waals surface area contributed by atoms with Gasteiger partial charge in [-0.1, -0.05) is 12.1 Å². The summed E-state index contributed by atoms with van der Waals surface area (Å²) in [7, 11) is -3.68. The van der Waals surface area contributed by atoms with Crippen molar-refractivity contribution in [2.75, 3.05) is 32.8 Å². The molecule has 9 heteroatoms. The topological polar surface area (TPSA) is 84.9 Å². The Balaban J connectivity index is 1.30. The highest BCUT2D eigenvalue weighted by Gasteiger charge is 2.32. The van der Waals surface area contributed by atoms with Crippen molar-refractivity contribution >= 4 is 15.9 Å². The van der Waals surface area contributed by atoms with Crippen LogP contribution in [0.15, 0.2) is 47.4 Å². The zero-order valence-corrected chi connectivity index (χ0v) is 18.6. The number of hydrogen-bond acceptors (Lipinski definition) is 5. The highest BCUT2D eigenvalue weighted by molar-refractivity contribution is 7.89. The second-order valence-corrected chi connectivity index (χ2v) is 9.94. The van der Waals surface area contributed by atoms with Crippen LogP contribution in [-0.4, -0.2) is 51.5 Å². The molecule has 0 bridgehead atoms. The summed E-state index contributed by atoms with van der Waals surface area (Å²) in [5.74, 6) is 0.417. The van der Waals surface area contributed by atoms with Gasteiger partial charge >= 0.3 is 0 Å². The Bertz CT molecular complexity index is 1050. The highest BCUT2D eigenvalue weighted by Crippen LogP contribution is 2.33. The van der Waals surface area contributed by atoms with E-state index in [0.717, 1.165) is 12.0 Å². The molecule has 2 aromatic rings. The summed E-state index contributed by atoms with van der Waals surface area (Å²) >= 11 is 0. The number of hydrogen-bond donors (Lipinski definition) is 1. The Morgan fingerprint density at radius 3 is 2.44 bits per heavy atom. The molecule has 0 spiro atoms. The number of rotatable bonds is 6. The van der Waals surface area contributed by atoms with Gasteiger partial charge < -0.3 is 14.8 Å². The molecule has 2 heterocycles. The lowest BCUT2D eigenvalue weighted by molar-refractivity contribution is -0.126. The molecule has 1 fully saturated rings. The number of halogens is 1. The zero-order chi connectivity index (χ0) is 22.6. The van der Waals surface area contributed by atoms with Crippen molar-refractivity contribution in [2.45, 2.75) is 30.6 Å². The predicted octanol–water partition coefficient (Wildman–Crippen LogP) is 2.75. The van der Waals surface area contributed by atoms with E-state index >= 15 is 0 Å². The lowest BCUT2D eigenvalue weighted by Crippen LogP contribution is -2.43. The van der Waals surface area contributed by atoms with Crippen molar-refractivity contribution in [3.05, 3.63) is 53.8 Å². The van der Waals surface area contributed by atoms with Crippen LogP contribution in [0, 0.1) is 11.7 Å². The Hall–Kier alpha value is -2.65. The first-order chi connectivity index (χ1) is 15.4. The van der Waals surface area contributed by atoms with Crippen molar-refractivity contribution in [1.29, 1.82) is 0 Å². The molecule has 172 valence electrons. The van der Waals surface area contributed by atoms with E-state index in [2.05, 4.69) is 5.32 Å². The van der Waals surface area contributed by atoms with E-state index in [9.17, 15) is 17.6 Å². The summed E-state index contributed by atoms with van der Waals surface area (Å²) in [4.78, 5) is 12.7. The molecule has 4 rings (SSSR count). The van der Waals surface area contributed by atoms with Crippen LogP contribution in [0.3, 0.4) is 0 Å². The summed E-state index contributed by atoms with van der Waals surface area (Å²) < 4.78 is 51.8. The van der Waals surface area contributed by atoms with Gasteiger partial charge in [0.25, 0.3) is 0 Å². The first kappa shape index (κ1) is 22.5. The molecule has 2 aliphatic heterocycles. The maximum atomic E-state index is 13.1. The normalized spacial score (nSPS) is 17.5. The van der Waals surface area contributed by atoms with E-state index in [4.69, 9.17) is 9.47 Å². The van der Waals surface area contributed by atoms with Crippen LogP contribution in [0.1, 0.15) is 24.8 Å². The van der Waals surface area contributed by atoms with Crippen LogP contribution in [0.2, 0.25) is 0 Å². The summed E-state index contributed by atoms with van der Waals surface area (Å²) in [5, 5.41) is 2.91. The van der Waals surface area contributed by atoms with Crippen molar-refractivity contribution in [3.63, 3.8) is 0 Å². The fraction of sp³-hybridized carbons (Fsp3) is 0.435. The van der Waals surface area contributed by atoms with Crippen molar-refractivity contribution in [2.24, 2.45) is 5.92 Å². The number of carbonyl (C=O) groups excluding carboxylic acids is 1. The summed E-state index contributed by atoms with van der Waals surface area (Å²) in [6, 6.07) is 10.9. The lowest BCUT2D eigenvalue weighted by atomic mass is 9.97. The predicted molar refractivity (Wildman–Crippen MR) is 117 cm³/mol. The number of benzene rings is 2. The molecular formula is C23H27FN2O5S. The zero-order valence-electron chi connectivity index (χ0n) is 17.8. The number of ether oxygens (including phenoxy) is 2. The third-order valence-electron chi connectivity index (χ3n) is 5.81. The van der Waals surface area contributed by atoms with Crippen LogP contribution in [0.4, 0.5) is 4.39 Å². The second-order valence-electron chi connectivity index (χ2n) is 8.00. The number of nitrogens with one attached hydrogen (secondary N) is 1. The van der Waals surface area contributed by atoms with Crippen LogP contribution in [-0.2, 0) is 21.2 Å². The number of amides is 1. The first-order valence-corrected chi connectivity index (χ1v) is 12.3. The van der Waals surface area contributed by atoms with E-state index in [1.54, 1.807) is 18.2 Å². The van der Waals surface area contributed by atoms with Crippen molar-refractivity contribution in [1.82, 2.24) is 9.62 Å². The van der Waals surface area contributed by atoms with Crippen LogP contribution in [0.25, 0.3) is 0 Å². The monoisotopic (exact) mass is 462 g/mol. The molecule has 0 radical (unpaired) electrons. The largest absolute Gasteiger partial charge is 0.490 e. The molecular weight excluding hydrogens is 435 g/mol. The quantitative estimate of drug-likeness (QED) is 0.714. The molecule has 1 amide bonds. The second kappa shape index (κ2) is 9.87. The van der Waals surface area contributed by atoms with Gasteiger partial charge in [0.1, 0.15) is 5.82 Å². The Morgan fingerprint density at radius 1 is 1.03 bits per heavy atom. The van der Waals surface area contributed by atoms with Crippen LogP contribution in [0.5, 0.6) is 11.5 Å². The SMILES string of the molecule is O=C(NCCc1ccc(F)cc1)C1CCN(S(=O)(=O)c2ccc3c(c2)OCCCO3)CC1. The molecule has 1 N–H and O–H groups in total. The smallest absolute Gasteiger partial charge is 0.243 e. The molecule has 2 aromatic carbocycles. The van der Waals surface area contributed by atoms with Gasteiger partial charge in [-0.15, -0.1) is 0 Å². The third-order valence-corrected chi connectivity index (χ3v) is 7.70. The third kappa shape index (κ3) is 5.21. The van der Waals surface area contributed by atoms with E-state index < -0.39 is 10.0 Å². The first-order valence-electron chi connectivity index (χ1n) is 10.9. The minimum atomic E-state index is -3.68. The molecule has 0 atom stereocenters. The van der Waals surface area contributed by atoms with E-state index in [1.807, 2.05) is 0 Å². The van der Waals surface area contributed by atoms with Gasteiger partial charge in [0.2, 0.25) is 15.9 Å². The summed E-state index contributed by atoms with van der Waals surface area (Å²) in [6.45, 7) is 2.05. The Labute approximate surface area is 187 Å². The number of fused-ring (bicyclic) bond motifs is 1. The van der Waals surface area contributed by atoms with Gasteiger partial charge in [-0.3, -0.25) is 4.79 Å². The highest BCUT2D eigenvalue weighted by atomic mass is 32.2. The molecule has 7 nitrogen and oxygen atoms in total. The average Bonchev–Trinajstić information content (AvgIpc) is 3.05. The molecule has 32 heavy (non-hydrogen) atoms. The fourth-order valence-corrected chi connectivity index (χ4v) is 5.42. The number of sulfonamides is 1. The maximum absolute atomic E-state index is 13.1. The number of carbonyl (C=O) groups is 1. The molecule has 0 saturated carbocycles. The van der Waals surface area contributed by atoms with Gasteiger partial charge in [-0.2, -0.15) is 4.31 Å². The maximum Gasteiger partial charge on any atom is 0.243 e. The standard InChI is InChI=1S/C23H27FN2O5S/c24-19-4-2-17(3-5-19)8-11-25-23(27)18-9-12-26(13-10-18)32(28,29)20-6-7-21-22(16-20)31-15-1-14-30-21/h2-7,16,18H,1,8-15H2,(H,25,27). The fourth-order valence-electron chi connectivity index (χ4n) is 3.94. The molecule has 1 saturated heterocycles. The van der Waals surface area contributed by atoms with Crippen LogP contribution >= 0.6 is 0 Å². The van der Waals surface area contributed by atoms with E-state index in [0.29, 0.717) is 50.5 Å². The molecule has 2 aliphatic rings. The Kier molecular flexibility index (Phi) is 6.95. The molecule has 0 unspecified atom stereocenters. The molecule has 0 aliphatic carbocycles. The minimum Gasteiger partial charge on any atom is -0.490 e. The lowest BCUT2D eigenvalue weighted by Gasteiger charge is -2.30. The van der Waals surface area contributed by atoms with Gasteiger partial charge in [0.05, 0.1) is 18.1 Å². The van der Waals surface area contributed by atoms with Gasteiger partial charge in [-0.25, -0.2) is 12.8 Å². The van der Waals surface area contributed by atoms with Crippen molar-refractivity contribution in [3.8, 4) is 11.5 Å². The Morgan fingerprint density at radius 2 is 1.72 bits per heavy atom. The summed E-state index contributed by atoms with van der Waals surface area (Å²) in [6.07, 6.45) is 2.29. The van der Waals surface area contributed by atoms with E-state index in [1.165, 1.54) is 28.6 Å². The van der Waals surface area contributed by atoms with Gasteiger partial charge in [-0.05, 0) is 49.1 Å². The van der Waals surface area contributed by atoms with Crippen LogP contribution < -0.4 is 14.8 Å². The number of nitrogens with zero attached hydrogens (tertiary/aromatic N) is 1. The van der Waals surface area contributed by atoms with E-state index in [-0.39, 0.29) is 35.6 Å². The minimum absolute atomic E-state index is 0.0697. The van der Waals surface area contributed by atoms with Gasteiger partial charge in [0.15, 0.2) is 11.5 Å². The van der Waals surface area contributed by atoms with Crippen molar-refractivity contribution < 1.29 is 27.1 Å². The van der Waals surface area contributed by atoms with Gasteiger partial charge in [0, 0.05) is 38.0 Å². The number of piperidine rings is 1.